The Morgan fingerprint density at radius 3 is 2.66 bits per heavy atom. The third kappa shape index (κ3) is 4.60. The molecule has 0 bridgehead atoms. The summed E-state index contributed by atoms with van der Waals surface area (Å²) in [6, 6.07) is 16.5. The molecule has 0 unspecified atom stereocenters. The zero-order chi connectivity index (χ0) is 20.3. The van der Waals surface area contributed by atoms with Crippen LogP contribution in [0.1, 0.15) is 41.2 Å². The van der Waals surface area contributed by atoms with Crippen LogP contribution < -0.4 is 10.2 Å². The van der Waals surface area contributed by atoms with Crippen molar-refractivity contribution in [2.75, 3.05) is 38.3 Å². The normalized spacial score (nSPS) is 23.0. The molecular weight excluding hydrogens is 366 g/mol. The smallest absolute Gasteiger partial charge is 0.354 e. The molecule has 0 amide bonds. The molecule has 29 heavy (non-hydrogen) atoms. The number of nitrogens with one attached hydrogen (secondary N) is 1. The van der Waals surface area contributed by atoms with Crippen molar-refractivity contribution in [3.8, 4) is 0 Å². The van der Waals surface area contributed by atoms with E-state index in [1.165, 1.54) is 18.1 Å². The molecule has 154 valence electrons. The Hall–Kier alpha value is -2.44. The monoisotopic (exact) mass is 395 g/mol. The van der Waals surface area contributed by atoms with Crippen LogP contribution in [0.5, 0.6) is 0 Å². The standard InChI is InChI=1S/C23H29N3O3/c1-29-16-23(15-24-20-14-18(20)17-6-3-2-4-7-17)10-12-26(13-11-23)21-9-5-8-19(25-21)22(27)28/h2-9,18,20,24H,10-16H2,1H3,(H,27,28)/t18-,20+/m0/s1. The first-order valence-corrected chi connectivity index (χ1v) is 10.3. The van der Waals surface area contributed by atoms with E-state index in [-0.39, 0.29) is 11.1 Å². The minimum atomic E-state index is -0.987. The van der Waals surface area contributed by atoms with Crippen LogP contribution in [0.4, 0.5) is 5.82 Å². The fraction of sp³-hybridized carbons (Fsp3) is 0.478. The molecule has 0 radical (unpaired) electrons. The number of benzene rings is 1. The van der Waals surface area contributed by atoms with Crippen molar-refractivity contribution in [1.29, 1.82) is 0 Å². The average molecular weight is 396 g/mol. The summed E-state index contributed by atoms with van der Waals surface area (Å²) in [5.41, 5.74) is 1.63. The average Bonchev–Trinajstić information content (AvgIpc) is 3.54. The van der Waals surface area contributed by atoms with Gasteiger partial charge in [-0.05, 0) is 37.0 Å². The highest BCUT2D eigenvalue weighted by Crippen LogP contribution is 2.42. The van der Waals surface area contributed by atoms with Gasteiger partial charge in [0.1, 0.15) is 5.82 Å². The molecule has 2 aliphatic rings. The molecule has 1 aromatic heterocycles. The van der Waals surface area contributed by atoms with Crippen LogP contribution in [0.2, 0.25) is 0 Å². The first kappa shape index (κ1) is 19.9. The fourth-order valence-electron chi connectivity index (χ4n) is 4.44. The second kappa shape index (κ2) is 8.51. The topological polar surface area (TPSA) is 74.7 Å². The maximum Gasteiger partial charge on any atom is 0.354 e. The van der Waals surface area contributed by atoms with Crippen LogP contribution in [-0.4, -0.2) is 55.5 Å². The van der Waals surface area contributed by atoms with E-state index in [0.29, 0.717) is 12.0 Å². The highest BCUT2D eigenvalue weighted by molar-refractivity contribution is 5.85. The van der Waals surface area contributed by atoms with Gasteiger partial charge >= 0.3 is 5.97 Å². The van der Waals surface area contributed by atoms with Crippen molar-refractivity contribution in [2.24, 2.45) is 5.41 Å². The molecular formula is C23H29N3O3. The van der Waals surface area contributed by atoms with Gasteiger partial charge in [-0.25, -0.2) is 9.78 Å². The minimum absolute atomic E-state index is 0.0959. The Morgan fingerprint density at radius 1 is 1.21 bits per heavy atom. The van der Waals surface area contributed by atoms with E-state index in [1.807, 2.05) is 6.07 Å². The number of hydrogen-bond donors (Lipinski definition) is 2. The summed E-state index contributed by atoms with van der Waals surface area (Å²) in [6.45, 7) is 3.40. The quantitative estimate of drug-likeness (QED) is 0.715. The minimum Gasteiger partial charge on any atom is -0.477 e. The molecule has 2 aromatic rings. The van der Waals surface area contributed by atoms with Crippen molar-refractivity contribution in [3.05, 3.63) is 59.8 Å². The van der Waals surface area contributed by atoms with Crippen LogP contribution in [-0.2, 0) is 4.74 Å². The Labute approximate surface area is 171 Å². The molecule has 1 aliphatic heterocycles. The Morgan fingerprint density at radius 2 is 1.97 bits per heavy atom. The summed E-state index contributed by atoms with van der Waals surface area (Å²) in [5.74, 6) is 0.383. The summed E-state index contributed by atoms with van der Waals surface area (Å²) in [6.07, 6.45) is 3.19. The van der Waals surface area contributed by atoms with Gasteiger partial charge in [-0.15, -0.1) is 0 Å². The summed E-state index contributed by atoms with van der Waals surface area (Å²) in [5, 5.41) is 13.0. The number of carbonyl (C=O) groups is 1. The lowest BCUT2D eigenvalue weighted by atomic mass is 9.79. The Balaban J connectivity index is 1.34. The Bertz CT molecular complexity index is 834. The van der Waals surface area contributed by atoms with Gasteiger partial charge < -0.3 is 20.1 Å². The lowest BCUT2D eigenvalue weighted by Gasteiger charge is -2.42. The van der Waals surface area contributed by atoms with Crippen LogP contribution in [0.25, 0.3) is 0 Å². The van der Waals surface area contributed by atoms with E-state index in [2.05, 4.69) is 45.5 Å². The van der Waals surface area contributed by atoms with Gasteiger partial charge in [0.15, 0.2) is 5.69 Å². The first-order chi connectivity index (χ1) is 14.1. The number of anilines is 1. The van der Waals surface area contributed by atoms with Crippen molar-refractivity contribution < 1.29 is 14.6 Å². The SMILES string of the molecule is COCC1(CN[C@@H]2C[C@H]2c2ccccc2)CCN(c2cccc(C(=O)O)n2)CC1. The van der Waals surface area contributed by atoms with Gasteiger partial charge in [0, 0.05) is 44.1 Å². The van der Waals surface area contributed by atoms with E-state index in [4.69, 9.17) is 4.74 Å². The lowest BCUT2D eigenvalue weighted by Crippen LogP contribution is -2.48. The number of pyridine rings is 1. The molecule has 2 heterocycles. The third-order valence-corrected chi connectivity index (χ3v) is 6.31. The second-order valence-electron chi connectivity index (χ2n) is 8.35. The number of methoxy groups -OCH3 is 1. The molecule has 6 heteroatoms. The first-order valence-electron chi connectivity index (χ1n) is 10.3. The molecule has 0 spiro atoms. The van der Waals surface area contributed by atoms with Crippen LogP contribution >= 0.6 is 0 Å². The number of aromatic carboxylic acids is 1. The molecule has 2 atom stereocenters. The third-order valence-electron chi connectivity index (χ3n) is 6.31. The highest BCUT2D eigenvalue weighted by atomic mass is 16.5. The number of carboxylic acid groups (broad SMARTS) is 1. The summed E-state index contributed by atoms with van der Waals surface area (Å²) in [4.78, 5) is 17.7. The van der Waals surface area contributed by atoms with Crippen molar-refractivity contribution in [3.63, 3.8) is 0 Å². The highest BCUT2D eigenvalue weighted by Gasteiger charge is 2.41. The number of nitrogens with zero attached hydrogens (tertiary/aromatic N) is 2. The van der Waals surface area contributed by atoms with Gasteiger partial charge in [-0.2, -0.15) is 0 Å². The van der Waals surface area contributed by atoms with Gasteiger partial charge in [0.2, 0.25) is 0 Å². The summed E-state index contributed by atoms with van der Waals surface area (Å²) >= 11 is 0. The number of aromatic nitrogens is 1. The number of carboxylic acids is 1. The fourth-order valence-corrected chi connectivity index (χ4v) is 4.44. The van der Waals surface area contributed by atoms with Gasteiger partial charge in [0.05, 0.1) is 6.61 Å². The van der Waals surface area contributed by atoms with E-state index in [9.17, 15) is 9.90 Å². The summed E-state index contributed by atoms with van der Waals surface area (Å²) in [7, 11) is 1.77. The zero-order valence-electron chi connectivity index (χ0n) is 16.9. The largest absolute Gasteiger partial charge is 0.477 e. The molecule has 1 saturated heterocycles. The molecule has 4 rings (SSSR count). The van der Waals surface area contributed by atoms with E-state index in [1.54, 1.807) is 13.2 Å². The molecule has 6 nitrogen and oxygen atoms in total. The number of hydrogen-bond acceptors (Lipinski definition) is 5. The van der Waals surface area contributed by atoms with Crippen molar-refractivity contribution in [1.82, 2.24) is 10.3 Å². The van der Waals surface area contributed by atoms with Crippen LogP contribution in [0.3, 0.4) is 0 Å². The molecule has 1 aromatic carbocycles. The predicted octanol–water partition coefficient (Wildman–Crippen LogP) is 3.16. The number of rotatable bonds is 8. The van der Waals surface area contributed by atoms with Crippen LogP contribution in [0.15, 0.2) is 48.5 Å². The molecule has 2 N–H and O–H groups in total. The van der Waals surface area contributed by atoms with Crippen molar-refractivity contribution in [2.45, 2.75) is 31.2 Å². The Kier molecular flexibility index (Phi) is 5.83. The van der Waals surface area contributed by atoms with Crippen LogP contribution in [0, 0.1) is 5.41 Å². The summed E-state index contributed by atoms with van der Waals surface area (Å²) < 4.78 is 5.59. The number of ether oxygens (including phenoxy) is 1. The van der Waals surface area contributed by atoms with Gasteiger partial charge in [-0.3, -0.25) is 0 Å². The maximum absolute atomic E-state index is 11.2. The van der Waals surface area contributed by atoms with Gasteiger partial charge in [-0.1, -0.05) is 36.4 Å². The lowest BCUT2D eigenvalue weighted by molar-refractivity contribution is 0.0581. The van der Waals surface area contributed by atoms with E-state index < -0.39 is 5.97 Å². The molecule has 1 saturated carbocycles. The zero-order valence-corrected chi connectivity index (χ0v) is 16.9. The maximum atomic E-state index is 11.2. The predicted molar refractivity (Wildman–Crippen MR) is 113 cm³/mol. The number of piperidine rings is 1. The second-order valence-corrected chi connectivity index (χ2v) is 8.35. The van der Waals surface area contributed by atoms with E-state index >= 15 is 0 Å². The molecule has 2 fully saturated rings. The van der Waals surface area contributed by atoms with Crippen molar-refractivity contribution >= 4 is 11.8 Å². The van der Waals surface area contributed by atoms with Gasteiger partial charge in [0.25, 0.3) is 0 Å². The molecule has 1 aliphatic carbocycles. The van der Waals surface area contributed by atoms with E-state index in [0.717, 1.165) is 44.9 Å².